The highest BCUT2D eigenvalue weighted by molar-refractivity contribution is 7.91. The Labute approximate surface area is 150 Å². The van der Waals surface area contributed by atoms with Crippen LogP contribution in [0.25, 0.3) is 0 Å². The number of carbonyl (C=O) groups is 1. The van der Waals surface area contributed by atoms with Gasteiger partial charge in [-0.2, -0.15) is 0 Å². The van der Waals surface area contributed by atoms with Gasteiger partial charge < -0.3 is 11.1 Å². The van der Waals surface area contributed by atoms with E-state index in [2.05, 4.69) is 10.1 Å². The molecular weight excluding hydrogens is 373 g/mol. The number of anilines is 1. The number of amides is 1. The van der Waals surface area contributed by atoms with Crippen molar-refractivity contribution in [1.82, 2.24) is 0 Å². The summed E-state index contributed by atoms with van der Waals surface area (Å²) >= 11 is 0. The van der Waals surface area contributed by atoms with Crippen LogP contribution in [-0.4, -0.2) is 39.6 Å². The van der Waals surface area contributed by atoms with Gasteiger partial charge >= 0.3 is 6.36 Å². The molecule has 0 aliphatic heterocycles. The van der Waals surface area contributed by atoms with Gasteiger partial charge in [-0.3, -0.25) is 9.53 Å². The predicted molar refractivity (Wildman–Crippen MR) is 91.3 cm³/mol. The van der Waals surface area contributed by atoms with Gasteiger partial charge in [-0.15, -0.1) is 13.2 Å². The van der Waals surface area contributed by atoms with Crippen molar-refractivity contribution in [2.45, 2.75) is 38.4 Å². The van der Waals surface area contributed by atoms with Crippen molar-refractivity contribution in [2.24, 2.45) is 11.1 Å². The molecule has 1 rings (SSSR count). The van der Waals surface area contributed by atoms with E-state index >= 15 is 0 Å². The van der Waals surface area contributed by atoms with E-state index in [-0.39, 0.29) is 23.6 Å². The quantitative estimate of drug-likeness (QED) is 0.625. The van der Waals surface area contributed by atoms with Gasteiger partial charge in [-0.1, -0.05) is 20.8 Å². The summed E-state index contributed by atoms with van der Waals surface area (Å²) in [6, 6.07) is 4.24. The van der Waals surface area contributed by atoms with Crippen molar-refractivity contribution in [1.29, 1.82) is 0 Å². The molecule has 0 aliphatic carbocycles. The van der Waals surface area contributed by atoms with E-state index in [1.807, 2.05) is 0 Å². The zero-order valence-corrected chi connectivity index (χ0v) is 15.6. The minimum absolute atomic E-state index is 0.0763. The molecule has 0 aromatic heterocycles. The standard InChI is InChI=1S/C16H23F3N2O4S/c1-4-26(23,24)12-5-6-13(21-7-8-25-16(17,18)19)11(9-12)10-15(2,3)14(20)22/h5-6,9,21H,4,7-8,10H2,1-3H3,(H2,20,22). The third kappa shape index (κ3) is 6.49. The number of carbonyl (C=O) groups excluding carboxylic acids is 1. The van der Waals surface area contributed by atoms with Crippen LogP contribution in [0, 0.1) is 5.41 Å². The second-order valence-electron chi connectivity index (χ2n) is 6.37. The molecule has 0 bridgehead atoms. The second-order valence-corrected chi connectivity index (χ2v) is 8.65. The number of primary amides is 1. The lowest BCUT2D eigenvalue weighted by molar-refractivity contribution is -0.322. The van der Waals surface area contributed by atoms with Crippen molar-refractivity contribution in [2.75, 3.05) is 24.2 Å². The average molecular weight is 396 g/mol. The fourth-order valence-corrected chi connectivity index (χ4v) is 3.10. The number of alkyl halides is 3. The lowest BCUT2D eigenvalue weighted by Gasteiger charge is -2.23. The van der Waals surface area contributed by atoms with E-state index in [0.29, 0.717) is 11.3 Å². The third-order valence-electron chi connectivity index (χ3n) is 3.80. The Morgan fingerprint density at radius 2 is 1.88 bits per heavy atom. The summed E-state index contributed by atoms with van der Waals surface area (Å²) in [5.41, 5.74) is 5.29. The van der Waals surface area contributed by atoms with Crippen LogP contribution in [0.4, 0.5) is 18.9 Å². The van der Waals surface area contributed by atoms with E-state index in [0.717, 1.165) is 0 Å². The molecule has 6 nitrogen and oxygen atoms in total. The van der Waals surface area contributed by atoms with Crippen LogP contribution in [0.5, 0.6) is 0 Å². The zero-order valence-electron chi connectivity index (χ0n) is 14.8. The molecule has 3 N–H and O–H groups in total. The Morgan fingerprint density at radius 3 is 2.38 bits per heavy atom. The Balaban J connectivity index is 3.10. The summed E-state index contributed by atoms with van der Waals surface area (Å²) in [6.45, 7) is 3.95. The first-order valence-corrected chi connectivity index (χ1v) is 9.54. The fraction of sp³-hybridized carbons (Fsp3) is 0.562. The lowest BCUT2D eigenvalue weighted by Crippen LogP contribution is -2.33. The van der Waals surface area contributed by atoms with Gasteiger partial charge in [0, 0.05) is 17.6 Å². The van der Waals surface area contributed by atoms with Gasteiger partial charge in [0.2, 0.25) is 5.91 Å². The molecule has 26 heavy (non-hydrogen) atoms. The van der Waals surface area contributed by atoms with Crippen LogP contribution in [0.1, 0.15) is 26.3 Å². The molecule has 0 saturated carbocycles. The highest BCUT2D eigenvalue weighted by Gasteiger charge is 2.29. The smallest absolute Gasteiger partial charge is 0.382 e. The van der Waals surface area contributed by atoms with Crippen LogP contribution < -0.4 is 11.1 Å². The summed E-state index contributed by atoms with van der Waals surface area (Å²) < 4.78 is 63.9. The predicted octanol–water partition coefficient (Wildman–Crippen LogP) is 2.48. The number of ether oxygens (including phenoxy) is 1. The Bertz CT molecular complexity index is 746. The van der Waals surface area contributed by atoms with Crippen LogP contribution in [0.2, 0.25) is 0 Å². The van der Waals surface area contributed by atoms with Crippen molar-refractivity contribution in [3.63, 3.8) is 0 Å². The van der Waals surface area contributed by atoms with Crippen LogP contribution in [0.15, 0.2) is 23.1 Å². The highest BCUT2D eigenvalue weighted by Crippen LogP contribution is 2.29. The topological polar surface area (TPSA) is 98.5 Å². The molecule has 1 amide bonds. The van der Waals surface area contributed by atoms with Gasteiger partial charge in [0.1, 0.15) is 0 Å². The molecule has 148 valence electrons. The number of benzene rings is 1. The monoisotopic (exact) mass is 396 g/mol. The average Bonchev–Trinajstić information content (AvgIpc) is 2.51. The Hall–Kier alpha value is -1.81. The maximum atomic E-state index is 12.1. The molecule has 1 aromatic carbocycles. The molecule has 0 heterocycles. The van der Waals surface area contributed by atoms with Gasteiger partial charge in [-0.25, -0.2) is 8.42 Å². The number of hydrogen-bond acceptors (Lipinski definition) is 5. The Morgan fingerprint density at radius 1 is 1.27 bits per heavy atom. The Kier molecular flexibility index (Phi) is 7.06. The van der Waals surface area contributed by atoms with E-state index in [1.54, 1.807) is 13.8 Å². The lowest BCUT2D eigenvalue weighted by atomic mass is 9.84. The van der Waals surface area contributed by atoms with Crippen LogP contribution >= 0.6 is 0 Å². The summed E-state index contributed by atoms with van der Waals surface area (Å²) in [7, 11) is -3.48. The first-order chi connectivity index (χ1) is 11.8. The molecule has 1 aromatic rings. The molecule has 0 radical (unpaired) electrons. The van der Waals surface area contributed by atoms with Gasteiger partial charge in [0.15, 0.2) is 9.84 Å². The van der Waals surface area contributed by atoms with Crippen molar-refractivity contribution < 1.29 is 31.1 Å². The molecule has 0 saturated heterocycles. The summed E-state index contributed by atoms with van der Waals surface area (Å²) in [5.74, 6) is -0.676. The van der Waals surface area contributed by atoms with Gasteiger partial charge in [-0.05, 0) is 30.2 Å². The number of nitrogens with two attached hydrogens (primary N) is 1. The zero-order chi connectivity index (χ0) is 20.2. The van der Waals surface area contributed by atoms with Gasteiger partial charge in [0.05, 0.1) is 17.3 Å². The van der Waals surface area contributed by atoms with E-state index in [4.69, 9.17) is 5.73 Å². The fourth-order valence-electron chi connectivity index (χ4n) is 2.16. The first kappa shape index (κ1) is 22.2. The number of nitrogens with one attached hydrogen (secondary N) is 1. The summed E-state index contributed by atoms with van der Waals surface area (Å²) in [6.07, 6.45) is -4.60. The summed E-state index contributed by atoms with van der Waals surface area (Å²) in [4.78, 5) is 11.7. The normalized spacial score (nSPS) is 12.8. The van der Waals surface area contributed by atoms with E-state index in [9.17, 15) is 26.4 Å². The molecule has 0 fully saturated rings. The van der Waals surface area contributed by atoms with E-state index < -0.39 is 34.1 Å². The minimum atomic E-state index is -4.72. The number of halogens is 3. The van der Waals surface area contributed by atoms with Crippen LogP contribution in [0.3, 0.4) is 0 Å². The molecule has 0 spiro atoms. The molecule has 0 atom stereocenters. The maximum Gasteiger partial charge on any atom is 0.522 e. The molecule has 0 unspecified atom stereocenters. The molecule has 10 heteroatoms. The van der Waals surface area contributed by atoms with Crippen molar-refractivity contribution >= 4 is 21.4 Å². The maximum absolute atomic E-state index is 12.1. The number of sulfone groups is 1. The van der Waals surface area contributed by atoms with E-state index in [1.165, 1.54) is 25.1 Å². The second kappa shape index (κ2) is 8.26. The van der Waals surface area contributed by atoms with Crippen molar-refractivity contribution in [3.05, 3.63) is 23.8 Å². The third-order valence-corrected chi connectivity index (χ3v) is 5.53. The van der Waals surface area contributed by atoms with Gasteiger partial charge in [0.25, 0.3) is 0 Å². The van der Waals surface area contributed by atoms with Crippen molar-refractivity contribution in [3.8, 4) is 0 Å². The number of hydrogen-bond donors (Lipinski definition) is 2. The summed E-state index contributed by atoms with van der Waals surface area (Å²) in [5, 5.41) is 2.77. The molecular formula is C16H23F3N2O4S. The van der Waals surface area contributed by atoms with Crippen LogP contribution in [-0.2, 0) is 25.8 Å². The number of rotatable bonds is 9. The first-order valence-electron chi connectivity index (χ1n) is 7.88. The minimum Gasteiger partial charge on any atom is -0.382 e. The largest absolute Gasteiger partial charge is 0.522 e. The molecule has 0 aliphatic rings. The SMILES string of the molecule is CCS(=O)(=O)c1ccc(NCCOC(F)(F)F)c(CC(C)(C)C(N)=O)c1. The highest BCUT2D eigenvalue weighted by atomic mass is 32.2.